The van der Waals surface area contributed by atoms with E-state index in [1.54, 1.807) is 6.26 Å². The standard InChI is InChI=1S/C17H18N2O2/c1-10-18-16(9-21-10)11-2-4-15(5-3-11)19-17(20)14-7-12-6-13(12)8-14/h2-5,9,12-14H,6-8H2,1H3,(H,19,20). The molecular formula is C17H18N2O2. The molecule has 0 spiro atoms. The Morgan fingerprint density at radius 2 is 1.90 bits per heavy atom. The van der Waals surface area contributed by atoms with E-state index in [1.807, 2.05) is 31.2 Å². The Hall–Kier alpha value is -2.10. The van der Waals surface area contributed by atoms with Crippen molar-refractivity contribution in [2.24, 2.45) is 17.8 Å². The van der Waals surface area contributed by atoms with Crippen molar-refractivity contribution in [1.82, 2.24) is 4.98 Å². The van der Waals surface area contributed by atoms with Crippen molar-refractivity contribution < 1.29 is 9.21 Å². The smallest absolute Gasteiger partial charge is 0.227 e. The fourth-order valence-electron chi connectivity index (χ4n) is 3.39. The van der Waals surface area contributed by atoms with Gasteiger partial charge in [-0.25, -0.2) is 4.98 Å². The lowest BCUT2D eigenvalue weighted by atomic mass is 10.0. The number of nitrogens with zero attached hydrogens (tertiary/aromatic N) is 1. The molecule has 1 amide bonds. The Balaban J connectivity index is 1.43. The van der Waals surface area contributed by atoms with Crippen molar-refractivity contribution >= 4 is 11.6 Å². The minimum absolute atomic E-state index is 0.173. The van der Waals surface area contributed by atoms with Crippen LogP contribution < -0.4 is 5.32 Å². The molecule has 108 valence electrons. The zero-order chi connectivity index (χ0) is 14.4. The Morgan fingerprint density at radius 3 is 2.52 bits per heavy atom. The van der Waals surface area contributed by atoms with Gasteiger partial charge in [-0.15, -0.1) is 0 Å². The number of anilines is 1. The Morgan fingerprint density at radius 1 is 1.19 bits per heavy atom. The average Bonchev–Trinajstić information content (AvgIpc) is 2.89. The highest BCUT2D eigenvalue weighted by Crippen LogP contribution is 2.54. The van der Waals surface area contributed by atoms with Gasteiger partial charge in [0.1, 0.15) is 12.0 Å². The van der Waals surface area contributed by atoms with Crippen molar-refractivity contribution in [3.05, 3.63) is 36.4 Å². The van der Waals surface area contributed by atoms with E-state index in [-0.39, 0.29) is 11.8 Å². The van der Waals surface area contributed by atoms with Gasteiger partial charge in [-0.3, -0.25) is 4.79 Å². The zero-order valence-electron chi connectivity index (χ0n) is 12.0. The van der Waals surface area contributed by atoms with Crippen LogP contribution in [0.4, 0.5) is 5.69 Å². The fourth-order valence-corrected chi connectivity index (χ4v) is 3.39. The molecule has 1 heterocycles. The van der Waals surface area contributed by atoms with Gasteiger partial charge in [0.05, 0.1) is 0 Å². The minimum atomic E-state index is 0.173. The quantitative estimate of drug-likeness (QED) is 0.935. The second-order valence-electron chi connectivity index (χ2n) is 6.24. The van der Waals surface area contributed by atoms with Crippen LogP contribution in [-0.4, -0.2) is 10.9 Å². The number of carbonyl (C=O) groups excluding carboxylic acids is 1. The topological polar surface area (TPSA) is 55.1 Å². The number of nitrogens with one attached hydrogen (secondary N) is 1. The number of amides is 1. The van der Waals surface area contributed by atoms with Gasteiger partial charge < -0.3 is 9.73 Å². The number of hydrogen-bond donors (Lipinski definition) is 1. The number of rotatable bonds is 3. The molecule has 21 heavy (non-hydrogen) atoms. The maximum absolute atomic E-state index is 12.2. The first-order valence-corrected chi connectivity index (χ1v) is 7.52. The maximum Gasteiger partial charge on any atom is 0.227 e. The van der Waals surface area contributed by atoms with Crippen molar-refractivity contribution in [1.29, 1.82) is 0 Å². The molecule has 2 unspecified atom stereocenters. The molecule has 0 bridgehead atoms. The van der Waals surface area contributed by atoms with Gasteiger partial charge in [0.15, 0.2) is 5.89 Å². The van der Waals surface area contributed by atoms with Gasteiger partial charge in [-0.1, -0.05) is 12.1 Å². The molecule has 2 atom stereocenters. The number of hydrogen-bond acceptors (Lipinski definition) is 3. The van der Waals surface area contributed by atoms with E-state index >= 15 is 0 Å². The summed E-state index contributed by atoms with van der Waals surface area (Å²) < 4.78 is 5.21. The first kappa shape index (κ1) is 12.6. The summed E-state index contributed by atoms with van der Waals surface area (Å²) in [4.78, 5) is 16.5. The van der Waals surface area contributed by atoms with Gasteiger partial charge >= 0.3 is 0 Å². The number of fused-ring (bicyclic) bond motifs is 1. The second kappa shape index (κ2) is 4.72. The van der Waals surface area contributed by atoms with Crippen LogP contribution in [0.5, 0.6) is 0 Å². The summed E-state index contributed by atoms with van der Waals surface area (Å²) in [6.07, 6.45) is 5.14. The first-order valence-electron chi connectivity index (χ1n) is 7.52. The van der Waals surface area contributed by atoms with E-state index in [9.17, 15) is 4.79 Å². The molecule has 1 N–H and O–H groups in total. The molecule has 1 aromatic carbocycles. The first-order chi connectivity index (χ1) is 10.2. The summed E-state index contributed by atoms with van der Waals surface area (Å²) in [5.74, 6) is 2.71. The van der Waals surface area contributed by atoms with E-state index < -0.39 is 0 Å². The van der Waals surface area contributed by atoms with Crippen molar-refractivity contribution in [2.45, 2.75) is 26.2 Å². The van der Waals surface area contributed by atoms with Crippen molar-refractivity contribution in [3.8, 4) is 11.3 Å². The molecule has 0 radical (unpaired) electrons. The number of carbonyl (C=O) groups is 1. The van der Waals surface area contributed by atoms with Crippen LogP contribution >= 0.6 is 0 Å². The second-order valence-corrected chi connectivity index (χ2v) is 6.24. The molecule has 2 saturated carbocycles. The van der Waals surface area contributed by atoms with Crippen molar-refractivity contribution in [2.75, 3.05) is 5.32 Å². The van der Waals surface area contributed by atoms with Crippen LogP contribution in [-0.2, 0) is 4.79 Å². The largest absolute Gasteiger partial charge is 0.449 e. The van der Waals surface area contributed by atoms with Gasteiger partial charge in [0.2, 0.25) is 5.91 Å². The summed E-state index contributed by atoms with van der Waals surface area (Å²) in [5.41, 5.74) is 2.66. The third kappa shape index (κ3) is 2.46. The number of aryl methyl sites for hydroxylation is 1. The van der Waals surface area contributed by atoms with Crippen LogP contribution in [0.3, 0.4) is 0 Å². The van der Waals surface area contributed by atoms with E-state index in [4.69, 9.17) is 4.42 Å². The number of aromatic nitrogens is 1. The molecule has 1 aromatic heterocycles. The number of benzene rings is 1. The third-order valence-corrected chi connectivity index (χ3v) is 4.68. The van der Waals surface area contributed by atoms with Crippen LogP contribution in [0.15, 0.2) is 34.9 Å². The van der Waals surface area contributed by atoms with Gasteiger partial charge in [0, 0.05) is 24.1 Å². The Labute approximate surface area is 123 Å². The summed E-state index contributed by atoms with van der Waals surface area (Å²) in [7, 11) is 0. The normalized spacial score (nSPS) is 26.4. The van der Waals surface area contributed by atoms with Crippen molar-refractivity contribution in [3.63, 3.8) is 0 Å². The summed E-state index contributed by atoms with van der Waals surface area (Å²) in [6.45, 7) is 1.82. The zero-order valence-corrected chi connectivity index (χ0v) is 12.0. The molecule has 2 aliphatic carbocycles. The van der Waals surface area contributed by atoms with Gasteiger partial charge in [0.25, 0.3) is 0 Å². The highest BCUT2D eigenvalue weighted by Gasteiger charge is 2.47. The lowest BCUT2D eigenvalue weighted by Crippen LogP contribution is -2.21. The summed E-state index contributed by atoms with van der Waals surface area (Å²) >= 11 is 0. The SMILES string of the molecule is Cc1nc(-c2ccc(NC(=O)C3CC4CC4C3)cc2)co1. The van der Waals surface area contributed by atoms with Gasteiger partial charge in [-0.05, 0) is 43.2 Å². The highest BCUT2D eigenvalue weighted by atomic mass is 16.3. The molecule has 4 heteroatoms. The highest BCUT2D eigenvalue weighted by molar-refractivity contribution is 5.93. The maximum atomic E-state index is 12.2. The molecule has 4 nitrogen and oxygen atoms in total. The summed E-state index contributed by atoms with van der Waals surface area (Å²) in [6, 6.07) is 7.76. The van der Waals surface area contributed by atoms with E-state index in [1.165, 1.54) is 6.42 Å². The molecular weight excluding hydrogens is 264 g/mol. The third-order valence-electron chi connectivity index (χ3n) is 4.68. The van der Waals surface area contributed by atoms with Crippen LogP contribution in [0.2, 0.25) is 0 Å². The molecule has 2 aliphatic rings. The number of oxazole rings is 1. The average molecular weight is 282 g/mol. The predicted molar refractivity (Wildman–Crippen MR) is 79.6 cm³/mol. The molecule has 4 rings (SSSR count). The summed E-state index contributed by atoms with van der Waals surface area (Å²) in [5, 5.41) is 3.03. The lowest BCUT2D eigenvalue weighted by molar-refractivity contribution is -0.120. The molecule has 0 saturated heterocycles. The van der Waals surface area contributed by atoms with Gasteiger partial charge in [-0.2, -0.15) is 0 Å². The molecule has 2 aromatic rings. The lowest BCUT2D eigenvalue weighted by Gasteiger charge is -2.12. The van der Waals surface area contributed by atoms with E-state index in [2.05, 4.69) is 10.3 Å². The van der Waals surface area contributed by atoms with E-state index in [0.29, 0.717) is 5.89 Å². The Kier molecular flexibility index (Phi) is 2.84. The van der Waals surface area contributed by atoms with Crippen LogP contribution in [0.25, 0.3) is 11.3 Å². The van der Waals surface area contributed by atoms with E-state index in [0.717, 1.165) is 41.6 Å². The monoisotopic (exact) mass is 282 g/mol. The fraction of sp³-hybridized carbons (Fsp3) is 0.412. The van der Waals surface area contributed by atoms with Crippen LogP contribution in [0, 0.1) is 24.7 Å². The molecule has 0 aliphatic heterocycles. The Bertz CT molecular complexity index is 664. The van der Waals surface area contributed by atoms with Crippen LogP contribution in [0.1, 0.15) is 25.2 Å². The molecule has 2 fully saturated rings. The minimum Gasteiger partial charge on any atom is -0.449 e. The predicted octanol–water partition coefficient (Wildman–Crippen LogP) is 3.63.